The minimum absolute atomic E-state index is 0.523. The van der Waals surface area contributed by atoms with E-state index in [4.69, 9.17) is 16.3 Å². The van der Waals surface area contributed by atoms with E-state index in [2.05, 4.69) is 17.4 Å². The van der Waals surface area contributed by atoms with Crippen LogP contribution in [0.5, 0.6) is 0 Å². The first-order chi connectivity index (χ1) is 8.79. The first-order valence-corrected chi connectivity index (χ1v) is 7.24. The minimum atomic E-state index is 0.523. The van der Waals surface area contributed by atoms with Crippen molar-refractivity contribution in [2.24, 2.45) is 0 Å². The van der Waals surface area contributed by atoms with Crippen molar-refractivity contribution in [1.29, 1.82) is 0 Å². The third kappa shape index (κ3) is 4.60. The van der Waals surface area contributed by atoms with E-state index in [9.17, 15) is 0 Å². The zero-order valence-corrected chi connectivity index (χ0v) is 11.7. The predicted molar refractivity (Wildman–Crippen MR) is 76.3 cm³/mol. The first-order valence-electron chi connectivity index (χ1n) is 6.86. The second kappa shape index (κ2) is 7.13. The maximum absolute atomic E-state index is 5.94. The Labute approximate surface area is 115 Å². The molecular formula is C15H22ClNO. The zero-order chi connectivity index (χ0) is 12.8. The second-order valence-electron chi connectivity index (χ2n) is 4.92. The zero-order valence-electron chi connectivity index (χ0n) is 11.0. The van der Waals surface area contributed by atoms with Crippen LogP contribution in [0.25, 0.3) is 0 Å². The van der Waals surface area contributed by atoms with Crippen LogP contribution >= 0.6 is 11.6 Å². The fourth-order valence-electron chi connectivity index (χ4n) is 2.09. The van der Waals surface area contributed by atoms with Crippen LogP contribution in [0.4, 0.5) is 0 Å². The Morgan fingerprint density at radius 3 is 2.67 bits per heavy atom. The summed E-state index contributed by atoms with van der Waals surface area (Å²) in [4.78, 5) is 0. The summed E-state index contributed by atoms with van der Waals surface area (Å²) in [7, 11) is 0. The van der Waals surface area contributed by atoms with Crippen molar-refractivity contribution in [3.05, 3.63) is 34.9 Å². The molecule has 0 amide bonds. The largest absolute Gasteiger partial charge is 0.382 e. The van der Waals surface area contributed by atoms with Gasteiger partial charge in [0.25, 0.3) is 0 Å². The number of ether oxygens (including phenoxy) is 1. The topological polar surface area (TPSA) is 21.3 Å². The highest BCUT2D eigenvalue weighted by Gasteiger charge is 2.22. The molecule has 1 unspecified atom stereocenters. The van der Waals surface area contributed by atoms with E-state index in [1.54, 1.807) is 0 Å². The molecule has 0 aliphatic heterocycles. The molecule has 0 aromatic heterocycles. The monoisotopic (exact) mass is 267 g/mol. The summed E-state index contributed by atoms with van der Waals surface area (Å²) in [6, 6.07) is 8.97. The van der Waals surface area contributed by atoms with Gasteiger partial charge in [0, 0.05) is 30.8 Å². The highest BCUT2D eigenvalue weighted by molar-refractivity contribution is 6.30. The van der Waals surface area contributed by atoms with E-state index in [0.29, 0.717) is 5.92 Å². The molecule has 18 heavy (non-hydrogen) atoms. The molecule has 0 saturated heterocycles. The molecule has 1 saturated carbocycles. The molecule has 1 N–H and O–H groups in total. The van der Waals surface area contributed by atoms with Crippen molar-refractivity contribution < 1.29 is 4.74 Å². The summed E-state index contributed by atoms with van der Waals surface area (Å²) in [5.74, 6) is 0.523. The maximum atomic E-state index is 5.94. The van der Waals surface area contributed by atoms with Gasteiger partial charge in [-0.05, 0) is 49.8 Å². The Hall–Kier alpha value is -0.570. The van der Waals surface area contributed by atoms with Crippen LogP contribution in [0.2, 0.25) is 5.02 Å². The standard InChI is InChI=1S/C15H22ClNO/c1-2-18-10-9-13(11-17-15-7-8-15)12-3-5-14(16)6-4-12/h3-6,13,15,17H,2,7-11H2,1H3. The lowest BCUT2D eigenvalue weighted by atomic mass is 9.96. The normalized spacial score (nSPS) is 16.8. The Balaban J connectivity index is 1.90. The summed E-state index contributed by atoms with van der Waals surface area (Å²) in [5.41, 5.74) is 1.35. The van der Waals surface area contributed by atoms with Gasteiger partial charge in [-0.2, -0.15) is 0 Å². The van der Waals surface area contributed by atoms with Gasteiger partial charge in [0.2, 0.25) is 0 Å². The van der Waals surface area contributed by atoms with Crippen LogP contribution in [0, 0.1) is 0 Å². The molecule has 1 aliphatic rings. The molecule has 1 aromatic carbocycles. The van der Waals surface area contributed by atoms with Crippen LogP contribution in [-0.4, -0.2) is 25.8 Å². The molecule has 1 atom stereocenters. The van der Waals surface area contributed by atoms with Crippen molar-refractivity contribution >= 4 is 11.6 Å². The Morgan fingerprint density at radius 2 is 2.06 bits per heavy atom. The molecule has 3 heteroatoms. The summed E-state index contributed by atoms with van der Waals surface area (Å²) < 4.78 is 5.48. The summed E-state index contributed by atoms with van der Waals surface area (Å²) in [6.45, 7) is 4.71. The van der Waals surface area contributed by atoms with E-state index in [0.717, 1.165) is 37.2 Å². The van der Waals surface area contributed by atoms with Gasteiger partial charge in [0.05, 0.1) is 0 Å². The Bertz CT molecular complexity index is 348. The van der Waals surface area contributed by atoms with E-state index in [1.165, 1.54) is 18.4 Å². The Kier molecular flexibility index (Phi) is 5.48. The van der Waals surface area contributed by atoms with Crippen LogP contribution < -0.4 is 5.32 Å². The molecular weight excluding hydrogens is 246 g/mol. The second-order valence-corrected chi connectivity index (χ2v) is 5.35. The van der Waals surface area contributed by atoms with Gasteiger partial charge in [0.15, 0.2) is 0 Å². The first kappa shape index (κ1) is 13.9. The van der Waals surface area contributed by atoms with Crippen molar-refractivity contribution in [1.82, 2.24) is 5.32 Å². The van der Waals surface area contributed by atoms with E-state index < -0.39 is 0 Å². The van der Waals surface area contributed by atoms with Crippen molar-refractivity contribution in [2.75, 3.05) is 19.8 Å². The maximum Gasteiger partial charge on any atom is 0.0472 e. The third-order valence-electron chi connectivity index (χ3n) is 3.39. The average molecular weight is 268 g/mol. The summed E-state index contributed by atoms with van der Waals surface area (Å²) in [5, 5.41) is 4.41. The predicted octanol–water partition coefficient (Wildman–Crippen LogP) is 3.60. The smallest absolute Gasteiger partial charge is 0.0472 e. The van der Waals surface area contributed by atoms with Gasteiger partial charge < -0.3 is 10.1 Å². The molecule has 0 spiro atoms. The third-order valence-corrected chi connectivity index (χ3v) is 3.64. The van der Waals surface area contributed by atoms with Crippen LogP contribution in [0.15, 0.2) is 24.3 Å². The van der Waals surface area contributed by atoms with Crippen LogP contribution in [0.1, 0.15) is 37.7 Å². The van der Waals surface area contributed by atoms with Gasteiger partial charge in [0.1, 0.15) is 0 Å². The lowest BCUT2D eigenvalue weighted by Gasteiger charge is -2.18. The van der Waals surface area contributed by atoms with Crippen molar-refractivity contribution in [3.63, 3.8) is 0 Å². The number of hydrogen-bond donors (Lipinski definition) is 1. The number of rotatable bonds is 8. The van der Waals surface area contributed by atoms with Crippen LogP contribution in [0.3, 0.4) is 0 Å². The summed E-state index contributed by atoms with van der Waals surface area (Å²) >= 11 is 5.94. The molecule has 2 rings (SSSR count). The molecule has 1 aromatic rings. The Morgan fingerprint density at radius 1 is 1.33 bits per heavy atom. The molecule has 100 valence electrons. The number of halogens is 1. The average Bonchev–Trinajstić information content (AvgIpc) is 3.19. The summed E-state index contributed by atoms with van der Waals surface area (Å²) in [6.07, 6.45) is 3.73. The van der Waals surface area contributed by atoms with E-state index in [1.807, 2.05) is 19.1 Å². The van der Waals surface area contributed by atoms with Crippen molar-refractivity contribution in [2.45, 2.75) is 38.1 Å². The lowest BCUT2D eigenvalue weighted by molar-refractivity contribution is 0.139. The quantitative estimate of drug-likeness (QED) is 0.727. The van der Waals surface area contributed by atoms with Gasteiger partial charge in [-0.15, -0.1) is 0 Å². The molecule has 0 radical (unpaired) electrons. The molecule has 0 heterocycles. The molecule has 0 bridgehead atoms. The number of benzene rings is 1. The highest BCUT2D eigenvalue weighted by Crippen LogP contribution is 2.24. The fourth-order valence-corrected chi connectivity index (χ4v) is 2.21. The van der Waals surface area contributed by atoms with Gasteiger partial charge in [-0.1, -0.05) is 23.7 Å². The SMILES string of the molecule is CCOCCC(CNC1CC1)c1ccc(Cl)cc1. The van der Waals surface area contributed by atoms with Crippen LogP contribution in [-0.2, 0) is 4.74 Å². The van der Waals surface area contributed by atoms with Gasteiger partial charge in [-0.25, -0.2) is 0 Å². The molecule has 1 fully saturated rings. The minimum Gasteiger partial charge on any atom is -0.382 e. The fraction of sp³-hybridized carbons (Fsp3) is 0.600. The van der Waals surface area contributed by atoms with Gasteiger partial charge in [-0.3, -0.25) is 0 Å². The van der Waals surface area contributed by atoms with Gasteiger partial charge >= 0.3 is 0 Å². The molecule has 2 nitrogen and oxygen atoms in total. The van der Waals surface area contributed by atoms with E-state index in [-0.39, 0.29) is 0 Å². The number of nitrogens with one attached hydrogen (secondary N) is 1. The highest BCUT2D eigenvalue weighted by atomic mass is 35.5. The molecule has 1 aliphatic carbocycles. The number of hydrogen-bond acceptors (Lipinski definition) is 2. The van der Waals surface area contributed by atoms with E-state index >= 15 is 0 Å². The lowest BCUT2D eigenvalue weighted by Crippen LogP contribution is -2.24. The van der Waals surface area contributed by atoms with Crippen molar-refractivity contribution in [3.8, 4) is 0 Å².